The van der Waals surface area contributed by atoms with Crippen molar-refractivity contribution in [1.29, 1.82) is 0 Å². The zero-order chi connectivity index (χ0) is 14.3. The van der Waals surface area contributed by atoms with Crippen molar-refractivity contribution in [2.45, 2.75) is 18.5 Å². The maximum atomic E-state index is 15.0. The van der Waals surface area contributed by atoms with Crippen LogP contribution >= 0.6 is 15.9 Å². The highest BCUT2D eigenvalue weighted by atomic mass is 79.9. The maximum Gasteiger partial charge on any atom is 0.407 e. The van der Waals surface area contributed by atoms with Crippen molar-refractivity contribution in [2.24, 2.45) is 0 Å². The summed E-state index contributed by atoms with van der Waals surface area (Å²) >= 11 is 3.32. The number of hydrogen-bond donors (Lipinski definition) is 1. The van der Waals surface area contributed by atoms with Crippen molar-refractivity contribution in [3.63, 3.8) is 0 Å². The van der Waals surface area contributed by atoms with Crippen molar-refractivity contribution in [2.75, 3.05) is 13.1 Å². The van der Waals surface area contributed by atoms with Crippen LogP contribution in [0.4, 0.5) is 9.18 Å². The molecule has 0 unspecified atom stereocenters. The van der Waals surface area contributed by atoms with Gasteiger partial charge in [0.05, 0.1) is 6.54 Å². The second-order valence-corrected chi connectivity index (χ2v) is 5.82. The molecule has 1 aliphatic heterocycles. The molecule has 1 atom stereocenters. The number of oxazole rings is 1. The van der Waals surface area contributed by atoms with Crippen molar-refractivity contribution in [1.82, 2.24) is 9.88 Å². The van der Waals surface area contributed by atoms with Gasteiger partial charge in [-0.05, 0) is 31.0 Å². The molecule has 1 N–H and O–H groups in total. The third-order valence-electron chi connectivity index (χ3n) is 3.45. The van der Waals surface area contributed by atoms with Crippen molar-refractivity contribution < 1.29 is 18.7 Å². The van der Waals surface area contributed by atoms with E-state index in [9.17, 15) is 9.18 Å². The van der Waals surface area contributed by atoms with Crippen LogP contribution in [0, 0.1) is 0 Å². The Bertz CT molecular complexity index is 675. The predicted molar refractivity (Wildman–Crippen MR) is 73.3 cm³/mol. The van der Waals surface area contributed by atoms with Gasteiger partial charge in [-0.15, -0.1) is 0 Å². The van der Waals surface area contributed by atoms with E-state index in [1.807, 2.05) is 0 Å². The Hall–Kier alpha value is -1.63. The van der Waals surface area contributed by atoms with Gasteiger partial charge in [0.2, 0.25) is 11.6 Å². The van der Waals surface area contributed by atoms with E-state index in [0.29, 0.717) is 24.1 Å². The summed E-state index contributed by atoms with van der Waals surface area (Å²) in [6.07, 6.45) is -0.457. The third kappa shape index (κ3) is 2.26. The summed E-state index contributed by atoms with van der Waals surface area (Å²) in [7, 11) is 0. The Balaban J connectivity index is 1.98. The molecule has 1 saturated heterocycles. The zero-order valence-corrected chi connectivity index (χ0v) is 12.1. The Morgan fingerprint density at radius 2 is 2.35 bits per heavy atom. The highest BCUT2D eigenvalue weighted by Crippen LogP contribution is 2.37. The number of carbonyl (C=O) groups is 1. The number of alkyl halides is 1. The van der Waals surface area contributed by atoms with E-state index in [4.69, 9.17) is 9.52 Å². The average molecular weight is 343 g/mol. The van der Waals surface area contributed by atoms with Crippen molar-refractivity contribution in [3.8, 4) is 0 Å². The van der Waals surface area contributed by atoms with Gasteiger partial charge in [0.1, 0.15) is 5.52 Å². The first kappa shape index (κ1) is 13.4. The molecular formula is C13H12BrFN2O3. The number of likely N-dealkylation sites (tertiary alicyclic amines) is 1. The van der Waals surface area contributed by atoms with E-state index in [-0.39, 0.29) is 18.9 Å². The molecular weight excluding hydrogens is 331 g/mol. The van der Waals surface area contributed by atoms with E-state index >= 15 is 0 Å². The molecule has 106 valence electrons. The Labute approximate surface area is 122 Å². The van der Waals surface area contributed by atoms with E-state index in [2.05, 4.69) is 20.9 Å². The Morgan fingerprint density at radius 1 is 1.55 bits per heavy atom. The molecule has 0 saturated carbocycles. The van der Waals surface area contributed by atoms with Crippen LogP contribution < -0.4 is 0 Å². The average Bonchev–Trinajstić information content (AvgIpc) is 2.82. The second-order valence-electron chi connectivity index (χ2n) is 4.90. The van der Waals surface area contributed by atoms with Gasteiger partial charge in [-0.1, -0.05) is 15.9 Å². The van der Waals surface area contributed by atoms with Crippen LogP contribution in [0.25, 0.3) is 11.1 Å². The topological polar surface area (TPSA) is 66.6 Å². The predicted octanol–water partition coefficient (Wildman–Crippen LogP) is 3.53. The molecule has 7 heteroatoms. The van der Waals surface area contributed by atoms with Gasteiger partial charge in [-0.25, -0.2) is 14.2 Å². The smallest absolute Gasteiger partial charge is 0.407 e. The molecule has 0 aliphatic carbocycles. The quantitative estimate of drug-likeness (QED) is 0.860. The van der Waals surface area contributed by atoms with Gasteiger partial charge in [0.25, 0.3) is 0 Å². The molecule has 0 bridgehead atoms. The van der Waals surface area contributed by atoms with Gasteiger partial charge in [-0.2, -0.15) is 0 Å². The van der Waals surface area contributed by atoms with Crippen LogP contribution in [0.2, 0.25) is 0 Å². The minimum absolute atomic E-state index is 0.0449. The summed E-state index contributed by atoms with van der Waals surface area (Å²) in [5, 5.41) is 9.00. The minimum Gasteiger partial charge on any atom is -0.465 e. The normalized spacial score (nSPS) is 23.2. The minimum atomic E-state index is -1.86. The lowest BCUT2D eigenvalue weighted by molar-refractivity contribution is 0.0248. The van der Waals surface area contributed by atoms with E-state index in [0.717, 1.165) is 9.37 Å². The summed E-state index contributed by atoms with van der Waals surface area (Å²) in [6.45, 7) is 0.100. The molecule has 2 aromatic rings. The number of piperidine rings is 1. The molecule has 1 fully saturated rings. The molecule has 1 aliphatic rings. The molecule has 3 rings (SSSR count). The lowest BCUT2D eigenvalue weighted by atomic mass is 9.95. The summed E-state index contributed by atoms with van der Waals surface area (Å²) in [5.74, 6) is -0.0449. The van der Waals surface area contributed by atoms with Crippen LogP contribution in [0.1, 0.15) is 18.7 Å². The van der Waals surface area contributed by atoms with Crippen molar-refractivity contribution in [3.05, 3.63) is 28.6 Å². The number of rotatable bonds is 1. The third-order valence-corrected chi connectivity index (χ3v) is 3.94. The number of halogens is 2. The summed E-state index contributed by atoms with van der Waals surface area (Å²) in [6, 6.07) is 5.23. The van der Waals surface area contributed by atoms with Gasteiger partial charge < -0.3 is 14.4 Å². The van der Waals surface area contributed by atoms with Gasteiger partial charge in [-0.3, -0.25) is 0 Å². The van der Waals surface area contributed by atoms with Crippen LogP contribution in [-0.2, 0) is 5.67 Å². The van der Waals surface area contributed by atoms with E-state index < -0.39 is 11.8 Å². The largest absolute Gasteiger partial charge is 0.465 e. The van der Waals surface area contributed by atoms with Gasteiger partial charge >= 0.3 is 6.09 Å². The lowest BCUT2D eigenvalue weighted by Gasteiger charge is -2.33. The monoisotopic (exact) mass is 342 g/mol. The Kier molecular flexibility index (Phi) is 3.16. The van der Waals surface area contributed by atoms with E-state index in [1.54, 1.807) is 18.2 Å². The molecule has 2 heterocycles. The van der Waals surface area contributed by atoms with Crippen LogP contribution in [-0.4, -0.2) is 34.2 Å². The van der Waals surface area contributed by atoms with E-state index in [1.165, 1.54) is 0 Å². The van der Waals surface area contributed by atoms with Crippen LogP contribution in [0.3, 0.4) is 0 Å². The van der Waals surface area contributed by atoms with Crippen LogP contribution in [0.15, 0.2) is 27.1 Å². The standard InChI is InChI=1S/C13H12BrFN2O3/c14-8-2-3-10-9(6-8)16-11(20-10)13(15)4-1-5-17(7-13)12(18)19/h2-3,6H,1,4-5,7H2,(H,18,19)/t13-/m1/s1. The first-order valence-corrected chi connectivity index (χ1v) is 7.01. The Morgan fingerprint density at radius 3 is 3.10 bits per heavy atom. The molecule has 20 heavy (non-hydrogen) atoms. The number of aromatic nitrogens is 1. The fourth-order valence-electron chi connectivity index (χ4n) is 2.44. The number of benzene rings is 1. The first-order valence-electron chi connectivity index (χ1n) is 6.21. The molecule has 1 aromatic heterocycles. The highest BCUT2D eigenvalue weighted by Gasteiger charge is 2.43. The second kappa shape index (κ2) is 4.73. The summed E-state index contributed by atoms with van der Waals surface area (Å²) < 4.78 is 21.3. The number of nitrogens with zero attached hydrogens (tertiary/aromatic N) is 2. The molecule has 1 amide bonds. The first-order chi connectivity index (χ1) is 9.48. The SMILES string of the molecule is O=C(O)N1CCC[C@](F)(c2nc3cc(Br)ccc3o2)C1. The molecule has 5 nitrogen and oxygen atoms in total. The number of amides is 1. The van der Waals surface area contributed by atoms with Crippen molar-refractivity contribution >= 4 is 33.1 Å². The summed E-state index contributed by atoms with van der Waals surface area (Å²) in [5.41, 5.74) is -0.811. The van der Waals surface area contributed by atoms with Crippen LogP contribution in [0.5, 0.6) is 0 Å². The fraction of sp³-hybridized carbons (Fsp3) is 0.385. The van der Waals surface area contributed by atoms with Gasteiger partial charge in [0, 0.05) is 11.0 Å². The molecule has 1 aromatic carbocycles. The lowest BCUT2D eigenvalue weighted by Crippen LogP contribution is -2.46. The highest BCUT2D eigenvalue weighted by molar-refractivity contribution is 9.10. The number of hydrogen-bond acceptors (Lipinski definition) is 3. The maximum absolute atomic E-state index is 15.0. The number of fused-ring (bicyclic) bond motifs is 1. The zero-order valence-electron chi connectivity index (χ0n) is 10.5. The van der Waals surface area contributed by atoms with Gasteiger partial charge in [0.15, 0.2) is 5.58 Å². The molecule has 0 spiro atoms. The fourth-order valence-corrected chi connectivity index (χ4v) is 2.79. The number of carboxylic acid groups (broad SMARTS) is 1. The summed E-state index contributed by atoms with van der Waals surface area (Å²) in [4.78, 5) is 16.2. The molecule has 0 radical (unpaired) electrons.